The van der Waals surface area contributed by atoms with Crippen LogP contribution in [0.1, 0.15) is 35.9 Å². The van der Waals surface area contributed by atoms with E-state index in [2.05, 4.69) is 34.3 Å². The van der Waals surface area contributed by atoms with Crippen LogP contribution in [0.4, 0.5) is 0 Å². The SMILES string of the molecule is CC(C)c1n[nH]c(=S)n1CCNC(=O)c1cccc2ncccc12. The number of nitrogens with zero attached hydrogens (tertiary/aromatic N) is 3. The van der Waals surface area contributed by atoms with Crippen LogP contribution in [-0.4, -0.2) is 32.2 Å². The van der Waals surface area contributed by atoms with Gasteiger partial charge in [0.25, 0.3) is 5.91 Å². The maximum Gasteiger partial charge on any atom is 0.252 e. The number of pyridine rings is 1. The van der Waals surface area contributed by atoms with Gasteiger partial charge in [-0.3, -0.25) is 14.9 Å². The third-order valence-corrected chi connectivity index (χ3v) is 4.13. The summed E-state index contributed by atoms with van der Waals surface area (Å²) in [6.07, 6.45) is 1.72. The molecule has 124 valence electrons. The molecule has 3 rings (SSSR count). The maximum atomic E-state index is 12.5. The zero-order valence-corrected chi connectivity index (χ0v) is 14.4. The number of hydrogen-bond acceptors (Lipinski definition) is 4. The smallest absolute Gasteiger partial charge is 0.252 e. The van der Waals surface area contributed by atoms with Gasteiger partial charge in [-0.1, -0.05) is 26.0 Å². The number of fused-ring (bicyclic) bond motifs is 1. The minimum absolute atomic E-state index is 0.116. The standard InChI is InChI=1S/C17H19N5OS/c1-11(2)15-20-21-17(24)22(15)10-9-19-16(23)13-5-3-7-14-12(13)6-4-8-18-14/h3-8,11H,9-10H2,1-2H3,(H,19,23)(H,21,24). The summed E-state index contributed by atoms with van der Waals surface area (Å²) in [6.45, 7) is 5.17. The molecule has 0 aliphatic rings. The van der Waals surface area contributed by atoms with E-state index in [-0.39, 0.29) is 11.8 Å². The van der Waals surface area contributed by atoms with Crippen LogP contribution < -0.4 is 5.32 Å². The molecule has 24 heavy (non-hydrogen) atoms. The Bertz CT molecular complexity index is 923. The number of aromatic amines is 1. The minimum atomic E-state index is -0.116. The largest absolute Gasteiger partial charge is 0.350 e. The highest BCUT2D eigenvalue weighted by Crippen LogP contribution is 2.16. The van der Waals surface area contributed by atoms with Crippen molar-refractivity contribution in [2.45, 2.75) is 26.3 Å². The summed E-state index contributed by atoms with van der Waals surface area (Å²) in [6, 6.07) is 9.28. The Morgan fingerprint density at radius 2 is 2.17 bits per heavy atom. The van der Waals surface area contributed by atoms with Crippen molar-refractivity contribution in [3.05, 3.63) is 52.7 Å². The van der Waals surface area contributed by atoms with Crippen molar-refractivity contribution in [3.8, 4) is 0 Å². The van der Waals surface area contributed by atoms with Crippen molar-refractivity contribution in [2.24, 2.45) is 0 Å². The van der Waals surface area contributed by atoms with Crippen molar-refractivity contribution >= 4 is 29.0 Å². The van der Waals surface area contributed by atoms with E-state index in [1.165, 1.54) is 0 Å². The molecule has 0 unspecified atom stereocenters. The molecule has 0 atom stereocenters. The van der Waals surface area contributed by atoms with Crippen LogP contribution in [0.15, 0.2) is 36.5 Å². The van der Waals surface area contributed by atoms with Crippen LogP contribution in [0.3, 0.4) is 0 Å². The molecule has 0 saturated carbocycles. The molecule has 2 N–H and O–H groups in total. The third kappa shape index (κ3) is 3.21. The fraction of sp³-hybridized carbons (Fsp3) is 0.294. The molecular formula is C17H19N5OS. The lowest BCUT2D eigenvalue weighted by atomic mass is 10.1. The summed E-state index contributed by atoms with van der Waals surface area (Å²) in [5, 5.41) is 10.8. The van der Waals surface area contributed by atoms with E-state index < -0.39 is 0 Å². The molecule has 0 saturated heterocycles. The van der Waals surface area contributed by atoms with Gasteiger partial charge < -0.3 is 9.88 Å². The molecular weight excluding hydrogens is 322 g/mol. The molecule has 2 heterocycles. The summed E-state index contributed by atoms with van der Waals surface area (Å²) < 4.78 is 2.49. The number of benzene rings is 1. The molecule has 0 aliphatic carbocycles. The average molecular weight is 341 g/mol. The van der Waals surface area contributed by atoms with Gasteiger partial charge >= 0.3 is 0 Å². The van der Waals surface area contributed by atoms with Crippen LogP contribution >= 0.6 is 12.2 Å². The molecule has 1 amide bonds. The number of hydrogen-bond donors (Lipinski definition) is 2. The first-order chi connectivity index (χ1) is 11.6. The van der Waals surface area contributed by atoms with Crippen LogP contribution in [0, 0.1) is 4.77 Å². The molecule has 0 bridgehead atoms. The molecule has 6 nitrogen and oxygen atoms in total. The Hall–Kier alpha value is -2.54. The summed E-state index contributed by atoms with van der Waals surface area (Å²) in [7, 11) is 0. The molecule has 7 heteroatoms. The Morgan fingerprint density at radius 3 is 2.96 bits per heavy atom. The number of carbonyl (C=O) groups excluding carboxylic acids is 1. The first-order valence-corrected chi connectivity index (χ1v) is 8.26. The fourth-order valence-corrected chi connectivity index (χ4v) is 2.89. The quantitative estimate of drug-likeness (QED) is 0.700. The monoisotopic (exact) mass is 341 g/mol. The number of aromatic nitrogens is 4. The molecule has 0 spiro atoms. The van der Waals surface area contributed by atoms with Gasteiger partial charge in [-0.25, -0.2) is 0 Å². The van der Waals surface area contributed by atoms with Crippen molar-refractivity contribution in [3.63, 3.8) is 0 Å². The number of nitrogens with one attached hydrogen (secondary N) is 2. The normalized spacial score (nSPS) is 11.1. The Labute approximate surface area is 144 Å². The summed E-state index contributed by atoms with van der Waals surface area (Å²) in [5.41, 5.74) is 1.43. The average Bonchev–Trinajstić information content (AvgIpc) is 2.95. The van der Waals surface area contributed by atoms with Gasteiger partial charge in [-0.2, -0.15) is 5.10 Å². The van der Waals surface area contributed by atoms with E-state index in [0.717, 1.165) is 16.7 Å². The number of carbonyl (C=O) groups is 1. The van der Waals surface area contributed by atoms with Crippen LogP contribution in [0.5, 0.6) is 0 Å². The fourth-order valence-electron chi connectivity index (χ4n) is 2.66. The topological polar surface area (TPSA) is 75.6 Å². The van der Waals surface area contributed by atoms with E-state index >= 15 is 0 Å². The Balaban J connectivity index is 1.72. The second kappa shape index (κ2) is 6.92. The van der Waals surface area contributed by atoms with Crippen molar-refractivity contribution in [1.29, 1.82) is 0 Å². The summed E-state index contributed by atoms with van der Waals surface area (Å²) in [4.78, 5) is 16.8. The molecule has 0 aliphatic heterocycles. The first kappa shape index (κ1) is 16.3. The van der Waals surface area contributed by atoms with Gasteiger partial charge in [0.15, 0.2) is 4.77 Å². The Kier molecular flexibility index (Phi) is 4.71. The zero-order chi connectivity index (χ0) is 17.1. The molecule has 3 aromatic rings. The van der Waals surface area contributed by atoms with Gasteiger partial charge in [0, 0.05) is 36.2 Å². The van der Waals surface area contributed by atoms with E-state index in [0.29, 0.717) is 23.4 Å². The Morgan fingerprint density at radius 1 is 1.33 bits per heavy atom. The van der Waals surface area contributed by atoms with Crippen LogP contribution in [0.25, 0.3) is 10.9 Å². The highest BCUT2D eigenvalue weighted by molar-refractivity contribution is 7.71. The number of H-pyrrole nitrogens is 1. The molecule has 1 aromatic carbocycles. The highest BCUT2D eigenvalue weighted by Gasteiger charge is 2.12. The lowest BCUT2D eigenvalue weighted by Gasteiger charge is -2.11. The van der Waals surface area contributed by atoms with Gasteiger partial charge in [0.05, 0.1) is 5.52 Å². The molecule has 2 aromatic heterocycles. The van der Waals surface area contributed by atoms with Crippen molar-refractivity contribution in [1.82, 2.24) is 25.1 Å². The van der Waals surface area contributed by atoms with Gasteiger partial charge in [0.1, 0.15) is 5.82 Å². The van der Waals surface area contributed by atoms with Gasteiger partial charge in [0.2, 0.25) is 0 Å². The molecule has 0 fully saturated rings. The minimum Gasteiger partial charge on any atom is -0.350 e. The second-order valence-electron chi connectivity index (χ2n) is 5.82. The van der Waals surface area contributed by atoms with E-state index in [9.17, 15) is 4.79 Å². The molecule has 0 radical (unpaired) electrons. The third-order valence-electron chi connectivity index (χ3n) is 3.82. The number of amides is 1. The lowest BCUT2D eigenvalue weighted by molar-refractivity contribution is 0.0954. The summed E-state index contributed by atoms with van der Waals surface area (Å²) in [5.74, 6) is 1.04. The number of rotatable bonds is 5. The maximum absolute atomic E-state index is 12.5. The van der Waals surface area contributed by atoms with E-state index in [4.69, 9.17) is 12.2 Å². The first-order valence-electron chi connectivity index (χ1n) is 7.85. The van der Waals surface area contributed by atoms with Crippen molar-refractivity contribution < 1.29 is 4.79 Å². The van der Waals surface area contributed by atoms with Gasteiger partial charge in [-0.05, 0) is 30.4 Å². The predicted octanol–water partition coefficient (Wildman–Crippen LogP) is 3.04. The van der Waals surface area contributed by atoms with Crippen LogP contribution in [0.2, 0.25) is 0 Å². The zero-order valence-electron chi connectivity index (χ0n) is 13.6. The highest BCUT2D eigenvalue weighted by atomic mass is 32.1. The van der Waals surface area contributed by atoms with E-state index in [1.54, 1.807) is 6.20 Å². The summed E-state index contributed by atoms with van der Waals surface area (Å²) >= 11 is 5.25. The second-order valence-corrected chi connectivity index (χ2v) is 6.21. The van der Waals surface area contributed by atoms with Crippen LogP contribution in [-0.2, 0) is 6.54 Å². The lowest BCUT2D eigenvalue weighted by Crippen LogP contribution is -2.28. The predicted molar refractivity (Wildman–Crippen MR) is 95.6 cm³/mol. The van der Waals surface area contributed by atoms with E-state index in [1.807, 2.05) is 34.9 Å². The van der Waals surface area contributed by atoms with Gasteiger partial charge in [-0.15, -0.1) is 0 Å². The van der Waals surface area contributed by atoms with Crippen molar-refractivity contribution in [2.75, 3.05) is 6.54 Å².